The van der Waals surface area contributed by atoms with Crippen LogP contribution >= 0.6 is 0 Å². The molecule has 5 nitrogen and oxygen atoms in total. The molecule has 1 aromatic heterocycles. The molecule has 0 aliphatic carbocycles. The second-order valence-electron chi connectivity index (χ2n) is 4.17. The maximum absolute atomic E-state index is 11.4. The molecule has 0 unspecified atom stereocenters. The molecule has 3 N–H and O–H groups in total. The first-order valence-corrected chi connectivity index (χ1v) is 7.73. The Labute approximate surface area is 123 Å². The van der Waals surface area contributed by atoms with Gasteiger partial charge in [0.25, 0.3) is 0 Å². The normalized spacial score (nSPS) is 10.5. The molecule has 3 aromatic rings. The largest absolute Gasteiger partial charge is 0.351 e. The van der Waals surface area contributed by atoms with Gasteiger partial charge in [0.2, 0.25) is 10.0 Å². The molecular formula is C15H15N3O2S. The van der Waals surface area contributed by atoms with Gasteiger partial charge >= 0.3 is 0 Å². The summed E-state index contributed by atoms with van der Waals surface area (Å²) < 4.78 is 22.8. The lowest BCUT2D eigenvalue weighted by Crippen LogP contribution is -2.13. The van der Waals surface area contributed by atoms with Crippen molar-refractivity contribution in [1.82, 2.24) is 9.97 Å². The molecule has 0 amide bonds. The maximum atomic E-state index is 11.4. The highest BCUT2D eigenvalue weighted by molar-refractivity contribution is 7.89. The van der Waals surface area contributed by atoms with Gasteiger partial charge in [0.15, 0.2) is 0 Å². The predicted octanol–water partition coefficient (Wildman–Crippen LogP) is 2.41. The van der Waals surface area contributed by atoms with E-state index in [-0.39, 0.29) is 4.90 Å². The van der Waals surface area contributed by atoms with Gasteiger partial charge in [-0.2, -0.15) is 0 Å². The number of nitrogens with two attached hydrogens (primary N) is 1. The Hall–Kier alpha value is -2.44. The smallest absolute Gasteiger partial charge is 0.238 e. The van der Waals surface area contributed by atoms with Crippen molar-refractivity contribution in [2.75, 3.05) is 0 Å². The highest BCUT2D eigenvalue weighted by Gasteiger charge is 2.13. The third kappa shape index (κ3) is 4.27. The van der Waals surface area contributed by atoms with E-state index in [4.69, 9.17) is 5.14 Å². The number of primary sulfonamides is 1. The number of rotatable bonds is 2. The number of sulfonamides is 1. The number of imidazole rings is 1. The molecule has 0 spiro atoms. The van der Waals surface area contributed by atoms with Gasteiger partial charge in [-0.25, -0.2) is 18.5 Å². The summed E-state index contributed by atoms with van der Waals surface area (Å²) in [5.41, 5.74) is 1.47. The number of H-pyrrole nitrogens is 1. The molecule has 21 heavy (non-hydrogen) atoms. The molecule has 1 heterocycles. The molecule has 108 valence electrons. The molecular weight excluding hydrogens is 286 g/mol. The summed E-state index contributed by atoms with van der Waals surface area (Å²) in [6.07, 6.45) is 5.08. The van der Waals surface area contributed by atoms with Crippen LogP contribution in [0, 0.1) is 0 Å². The minimum Gasteiger partial charge on any atom is -0.351 e. The van der Waals surface area contributed by atoms with Gasteiger partial charge in [0.05, 0.1) is 11.2 Å². The lowest BCUT2D eigenvalue weighted by Gasteiger charge is -2.07. The van der Waals surface area contributed by atoms with Crippen LogP contribution in [-0.2, 0) is 10.0 Å². The van der Waals surface area contributed by atoms with Gasteiger partial charge in [0, 0.05) is 18.0 Å². The summed E-state index contributed by atoms with van der Waals surface area (Å²) >= 11 is 0. The highest BCUT2D eigenvalue weighted by atomic mass is 32.2. The maximum Gasteiger partial charge on any atom is 0.238 e. The lowest BCUT2D eigenvalue weighted by atomic mass is 10.1. The lowest BCUT2D eigenvalue weighted by molar-refractivity contribution is 0.598. The van der Waals surface area contributed by atoms with Crippen molar-refractivity contribution in [3.8, 4) is 11.1 Å². The summed E-state index contributed by atoms with van der Waals surface area (Å²) in [5, 5.41) is 5.17. The Balaban J connectivity index is 0.000000272. The molecule has 0 bridgehead atoms. The number of hydrogen-bond acceptors (Lipinski definition) is 3. The second-order valence-corrected chi connectivity index (χ2v) is 5.70. The standard InChI is InChI=1S/C12H11NO2S.C3H4N2/c13-16(14,15)12-9-5-4-8-11(12)10-6-2-1-3-7-10;1-2-5-3-4-1/h1-9H,(H2,13,14,15);1-3H,(H,4,5). The van der Waals surface area contributed by atoms with Gasteiger partial charge < -0.3 is 4.98 Å². The van der Waals surface area contributed by atoms with Crippen LogP contribution in [0.5, 0.6) is 0 Å². The van der Waals surface area contributed by atoms with E-state index in [0.29, 0.717) is 5.56 Å². The first-order chi connectivity index (χ1) is 10.1. The van der Waals surface area contributed by atoms with E-state index >= 15 is 0 Å². The number of aromatic amines is 1. The van der Waals surface area contributed by atoms with Crippen LogP contribution in [0.1, 0.15) is 0 Å². The van der Waals surface area contributed by atoms with Crippen LogP contribution in [0.25, 0.3) is 11.1 Å². The van der Waals surface area contributed by atoms with Gasteiger partial charge in [-0.3, -0.25) is 0 Å². The monoisotopic (exact) mass is 301 g/mol. The number of nitrogens with zero attached hydrogens (tertiary/aromatic N) is 1. The van der Waals surface area contributed by atoms with Crippen molar-refractivity contribution in [3.05, 3.63) is 73.3 Å². The zero-order valence-electron chi connectivity index (χ0n) is 11.2. The van der Waals surface area contributed by atoms with Crippen LogP contribution in [0.15, 0.2) is 78.2 Å². The van der Waals surface area contributed by atoms with Crippen molar-refractivity contribution in [3.63, 3.8) is 0 Å². The van der Waals surface area contributed by atoms with E-state index < -0.39 is 10.0 Å². The molecule has 0 aliphatic rings. The van der Waals surface area contributed by atoms with Crippen LogP contribution in [0.2, 0.25) is 0 Å². The number of aromatic nitrogens is 2. The summed E-state index contributed by atoms with van der Waals surface area (Å²) in [6, 6.07) is 16.0. The van der Waals surface area contributed by atoms with Crippen molar-refractivity contribution < 1.29 is 8.42 Å². The Kier molecular flexibility index (Phi) is 4.86. The minimum atomic E-state index is -3.68. The fraction of sp³-hybridized carbons (Fsp3) is 0. The topological polar surface area (TPSA) is 88.8 Å². The van der Waals surface area contributed by atoms with E-state index in [1.165, 1.54) is 6.07 Å². The molecule has 6 heteroatoms. The van der Waals surface area contributed by atoms with E-state index in [1.54, 1.807) is 36.9 Å². The van der Waals surface area contributed by atoms with E-state index in [0.717, 1.165) is 5.56 Å². The van der Waals surface area contributed by atoms with Crippen LogP contribution in [0.4, 0.5) is 0 Å². The molecule has 0 atom stereocenters. The third-order valence-corrected chi connectivity index (χ3v) is 3.65. The average molecular weight is 301 g/mol. The predicted molar refractivity (Wildman–Crippen MR) is 81.8 cm³/mol. The first kappa shape index (κ1) is 15.0. The van der Waals surface area contributed by atoms with Crippen molar-refractivity contribution >= 4 is 10.0 Å². The van der Waals surface area contributed by atoms with Crippen molar-refractivity contribution in [2.45, 2.75) is 4.90 Å². The molecule has 0 aliphatic heterocycles. The van der Waals surface area contributed by atoms with Gasteiger partial charge in [0.1, 0.15) is 0 Å². The number of nitrogens with one attached hydrogen (secondary N) is 1. The molecule has 0 fully saturated rings. The van der Waals surface area contributed by atoms with E-state index in [9.17, 15) is 8.42 Å². The van der Waals surface area contributed by atoms with Crippen molar-refractivity contribution in [2.24, 2.45) is 5.14 Å². The van der Waals surface area contributed by atoms with Gasteiger partial charge in [-0.05, 0) is 11.6 Å². The Morgan fingerprint density at radius 3 is 2.14 bits per heavy atom. The summed E-state index contributed by atoms with van der Waals surface area (Å²) in [7, 11) is -3.68. The van der Waals surface area contributed by atoms with E-state index in [2.05, 4.69) is 9.97 Å². The zero-order chi connectivity index (χ0) is 15.1. The Morgan fingerprint density at radius 1 is 0.952 bits per heavy atom. The summed E-state index contributed by atoms with van der Waals surface area (Å²) in [6.45, 7) is 0. The number of benzene rings is 2. The summed E-state index contributed by atoms with van der Waals surface area (Å²) in [5.74, 6) is 0. The Bertz CT molecular complexity index is 752. The second kappa shape index (κ2) is 6.83. The molecule has 0 saturated carbocycles. The number of hydrogen-bond donors (Lipinski definition) is 2. The van der Waals surface area contributed by atoms with Crippen LogP contribution in [-0.4, -0.2) is 18.4 Å². The minimum absolute atomic E-state index is 0.154. The SMILES string of the molecule is NS(=O)(=O)c1ccccc1-c1ccccc1.c1c[nH]cn1. The third-order valence-electron chi connectivity index (χ3n) is 2.68. The van der Waals surface area contributed by atoms with Gasteiger partial charge in [-0.15, -0.1) is 0 Å². The van der Waals surface area contributed by atoms with Crippen molar-refractivity contribution in [1.29, 1.82) is 0 Å². The highest BCUT2D eigenvalue weighted by Crippen LogP contribution is 2.25. The molecule has 0 radical (unpaired) electrons. The summed E-state index contributed by atoms with van der Waals surface area (Å²) in [4.78, 5) is 6.57. The molecule has 0 saturated heterocycles. The molecule has 3 rings (SSSR count). The van der Waals surface area contributed by atoms with Crippen LogP contribution < -0.4 is 5.14 Å². The van der Waals surface area contributed by atoms with E-state index in [1.807, 2.05) is 30.3 Å². The van der Waals surface area contributed by atoms with Gasteiger partial charge in [-0.1, -0.05) is 48.5 Å². The first-order valence-electron chi connectivity index (χ1n) is 6.19. The van der Waals surface area contributed by atoms with Crippen LogP contribution in [0.3, 0.4) is 0 Å². The Morgan fingerprint density at radius 2 is 1.62 bits per heavy atom. The molecule has 2 aromatic carbocycles. The fourth-order valence-corrected chi connectivity index (χ4v) is 2.55. The zero-order valence-corrected chi connectivity index (χ0v) is 12.0. The fourth-order valence-electron chi connectivity index (χ4n) is 1.79. The quantitative estimate of drug-likeness (QED) is 0.761. The average Bonchev–Trinajstić information content (AvgIpc) is 3.07.